The van der Waals surface area contributed by atoms with Crippen LogP contribution < -0.4 is 5.32 Å². The smallest absolute Gasteiger partial charge is 0.328 e. The van der Waals surface area contributed by atoms with Gasteiger partial charge in [-0.25, -0.2) is 4.98 Å². The van der Waals surface area contributed by atoms with Crippen LogP contribution in [-0.2, 0) is 4.74 Å². The van der Waals surface area contributed by atoms with Gasteiger partial charge in [0.05, 0.1) is 4.92 Å². The third-order valence-electron chi connectivity index (χ3n) is 3.10. The molecule has 1 aliphatic rings. The predicted octanol–water partition coefficient (Wildman–Crippen LogP) is 1.70. The van der Waals surface area contributed by atoms with Gasteiger partial charge in [0.25, 0.3) is 0 Å². The van der Waals surface area contributed by atoms with Crippen molar-refractivity contribution in [1.82, 2.24) is 4.98 Å². The zero-order chi connectivity index (χ0) is 13.7. The molecular formula is C12H14N4O3. The van der Waals surface area contributed by atoms with Gasteiger partial charge in [-0.3, -0.25) is 10.1 Å². The summed E-state index contributed by atoms with van der Waals surface area (Å²) in [6, 6.07) is 3.15. The summed E-state index contributed by atoms with van der Waals surface area (Å²) in [5.74, 6) is 0.647. The Kier molecular flexibility index (Phi) is 4.26. The second kappa shape index (κ2) is 6.11. The van der Waals surface area contributed by atoms with Gasteiger partial charge in [0.2, 0.25) is 5.82 Å². The SMILES string of the molecule is N#Cc1ccnc(NCCC2CCOC2)c1[N+](=O)[O-]. The first-order chi connectivity index (χ1) is 9.22. The molecule has 1 aromatic rings. The van der Waals surface area contributed by atoms with Gasteiger partial charge in [0.15, 0.2) is 0 Å². The Bertz CT molecular complexity index is 506. The fourth-order valence-electron chi connectivity index (χ4n) is 2.06. The van der Waals surface area contributed by atoms with E-state index in [2.05, 4.69) is 10.3 Å². The van der Waals surface area contributed by atoms with Crippen molar-refractivity contribution < 1.29 is 9.66 Å². The molecule has 0 bridgehead atoms. The van der Waals surface area contributed by atoms with Crippen LogP contribution in [0.3, 0.4) is 0 Å². The number of hydrogen-bond donors (Lipinski definition) is 1. The molecule has 1 unspecified atom stereocenters. The van der Waals surface area contributed by atoms with Crippen molar-refractivity contribution in [2.75, 3.05) is 25.1 Å². The molecule has 1 aromatic heterocycles. The van der Waals surface area contributed by atoms with Gasteiger partial charge < -0.3 is 10.1 Å². The highest BCUT2D eigenvalue weighted by atomic mass is 16.6. The minimum absolute atomic E-state index is 0.0201. The maximum atomic E-state index is 11.0. The molecule has 2 rings (SSSR count). The molecule has 0 aromatic carbocycles. The van der Waals surface area contributed by atoms with E-state index in [1.165, 1.54) is 12.3 Å². The number of hydrogen-bond acceptors (Lipinski definition) is 6. The topological polar surface area (TPSA) is 101 Å². The molecule has 19 heavy (non-hydrogen) atoms. The first-order valence-electron chi connectivity index (χ1n) is 6.07. The summed E-state index contributed by atoms with van der Waals surface area (Å²) in [5.41, 5.74) is -0.237. The van der Waals surface area contributed by atoms with Gasteiger partial charge in [-0.05, 0) is 24.8 Å². The largest absolute Gasteiger partial charge is 0.381 e. The van der Waals surface area contributed by atoms with Crippen LogP contribution >= 0.6 is 0 Å². The van der Waals surface area contributed by atoms with Crippen molar-refractivity contribution in [3.05, 3.63) is 27.9 Å². The number of nitro groups is 1. The van der Waals surface area contributed by atoms with Gasteiger partial charge in [0, 0.05) is 26.0 Å². The second-order valence-electron chi connectivity index (χ2n) is 4.37. The average Bonchev–Trinajstić information content (AvgIpc) is 2.91. The van der Waals surface area contributed by atoms with Crippen LogP contribution in [0.25, 0.3) is 0 Å². The molecule has 7 heteroatoms. The van der Waals surface area contributed by atoms with Crippen molar-refractivity contribution >= 4 is 11.5 Å². The minimum Gasteiger partial charge on any atom is -0.381 e. The minimum atomic E-state index is -0.577. The van der Waals surface area contributed by atoms with Crippen molar-refractivity contribution in [3.63, 3.8) is 0 Å². The maximum absolute atomic E-state index is 11.0. The molecule has 1 fully saturated rings. The van der Waals surface area contributed by atoms with Gasteiger partial charge in [-0.15, -0.1) is 0 Å². The third kappa shape index (κ3) is 3.17. The van der Waals surface area contributed by atoms with Gasteiger partial charge >= 0.3 is 5.69 Å². The third-order valence-corrected chi connectivity index (χ3v) is 3.10. The predicted molar refractivity (Wildman–Crippen MR) is 67.6 cm³/mol. The van der Waals surface area contributed by atoms with E-state index in [-0.39, 0.29) is 17.1 Å². The Morgan fingerprint density at radius 2 is 2.53 bits per heavy atom. The standard InChI is InChI=1S/C12H14N4O3/c13-7-10-2-5-15-12(11(10)16(17)18)14-4-1-9-3-6-19-8-9/h2,5,9H,1,3-4,6,8H2,(H,14,15). The van der Waals surface area contributed by atoms with Gasteiger partial charge in [-0.2, -0.15) is 5.26 Å². The normalized spacial score (nSPS) is 17.9. The quantitative estimate of drug-likeness (QED) is 0.640. The molecule has 0 radical (unpaired) electrons. The average molecular weight is 262 g/mol. The van der Waals surface area contributed by atoms with Crippen LogP contribution in [0.4, 0.5) is 11.5 Å². The summed E-state index contributed by atoms with van der Waals surface area (Å²) in [4.78, 5) is 14.3. The number of nitrogens with zero attached hydrogens (tertiary/aromatic N) is 3. The Morgan fingerprint density at radius 3 is 3.16 bits per heavy atom. The molecule has 100 valence electrons. The summed E-state index contributed by atoms with van der Waals surface area (Å²) < 4.78 is 5.26. The highest BCUT2D eigenvalue weighted by Gasteiger charge is 2.21. The van der Waals surface area contributed by atoms with Crippen molar-refractivity contribution in [2.24, 2.45) is 5.92 Å². The summed E-state index contributed by atoms with van der Waals surface area (Å²) in [6.45, 7) is 2.11. The van der Waals surface area contributed by atoms with Crippen LogP contribution in [0.2, 0.25) is 0 Å². The Labute approximate surface area is 110 Å². The van der Waals surface area contributed by atoms with Crippen molar-refractivity contribution in [2.45, 2.75) is 12.8 Å². The molecule has 0 spiro atoms. The number of nitrogens with one attached hydrogen (secondary N) is 1. The molecule has 1 N–H and O–H groups in total. The van der Waals surface area contributed by atoms with Crippen LogP contribution in [-0.4, -0.2) is 29.7 Å². The Hall–Kier alpha value is -2.20. The summed E-state index contributed by atoms with van der Waals surface area (Å²) in [7, 11) is 0. The number of pyridine rings is 1. The Morgan fingerprint density at radius 1 is 1.68 bits per heavy atom. The van der Waals surface area contributed by atoms with Crippen LogP contribution in [0.5, 0.6) is 0 Å². The summed E-state index contributed by atoms with van der Waals surface area (Å²) in [6.07, 6.45) is 3.29. The van der Waals surface area contributed by atoms with E-state index in [4.69, 9.17) is 10.00 Å². The van der Waals surface area contributed by atoms with Crippen LogP contribution in [0.15, 0.2) is 12.3 Å². The van der Waals surface area contributed by atoms with Crippen LogP contribution in [0.1, 0.15) is 18.4 Å². The highest BCUT2D eigenvalue weighted by molar-refractivity contribution is 5.63. The molecule has 0 saturated carbocycles. The monoisotopic (exact) mass is 262 g/mol. The molecule has 7 nitrogen and oxygen atoms in total. The fraction of sp³-hybridized carbons (Fsp3) is 0.500. The lowest BCUT2D eigenvalue weighted by atomic mass is 10.1. The molecule has 2 heterocycles. The zero-order valence-corrected chi connectivity index (χ0v) is 10.3. The van der Waals surface area contributed by atoms with Gasteiger partial charge in [-0.1, -0.05) is 0 Å². The van der Waals surface area contributed by atoms with E-state index in [0.29, 0.717) is 12.5 Å². The first-order valence-corrected chi connectivity index (χ1v) is 6.07. The van der Waals surface area contributed by atoms with Crippen LogP contribution in [0, 0.1) is 27.4 Å². The molecular weight excluding hydrogens is 248 g/mol. The molecule has 0 amide bonds. The Balaban J connectivity index is 2.03. The van der Waals surface area contributed by atoms with E-state index in [1.807, 2.05) is 6.07 Å². The number of aromatic nitrogens is 1. The van der Waals surface area contributed by atoms with E-state index in [9.17, 15) is 10.1 Å². The van der Waals surface area contributed by atoms with E-state index >= 15 is 0 Å². The number of ether oxygens (including phenoxy) is 1. The zero-order valence-electron chi connectivity index (χ0n) is 10.3. The summed E-state index contributed by atoms with van der Waals surface area (Å²) in [5, 5.41) is 22.8. The molecule has 1 atom stereocenters. The van der Waals surface area contributed by atoms with E-state index in [0.717, 1.165) is 26.1 Å². The lowest BCUT2D eigenvalue weighted by Crippen LogP contribution is -2.11. The molecule has 1 aliphatic heterocycles. The van der Waals surface area contributed by atoms with E-state index < -0.39 is 4.92 Å². The van der Waals surface area contributed by atoms with E-state index in [1.54, 1.807) is 0 Å². The molecule has 0 aliphatic carbocycles. The maximum Gasteiger partial charge on any atom is 0.328 e. The number of anilines is 1. The van der Waals surface area contributed by atoms with Crippen molar-refractivity contribution in [1.29, 1.82) is 5.26 Å². The van der Waals surface area contributed by atoms with Gasteiger partial charge in [0.1, 0.15) is 11.6 Å². The second-order valence-corrected chi connectivity index (χ2v) is 4.37. The lowest BCUT2D eigenvalue weighted by Gasteiger charge is -2.09. The molecule has 1 saturated heterocycles. The van der Waals surface area contributed by atoms with Crippen molar-refractivity contribution in [3.8, 4) is 6.07 Å². The number of rotatable bonds is 5. The lowest BCUT2D eigenvalue weighted by molar-refractivity contribution is -0.384. The fourth-order valence-corrected chi connectivity index (χ4v) is 2.06. The first kappa shape index (κ1) is 13.2. The number of nitriles is 1. The highest BCUT2D eigenvalue weighted by Crippen LogP contribution is 2.26. The summed E-state index contributed by atoms with van der Waals surface area (Å²) >= 11 is 0.